The first-order valence-corrected chi connectivity index (χ1v) is 6.76. The van der Waals surface area contributed by atoms with E-state index >= 15 is 0 Å². The standard InChI is InChI=1S/C14H23N3O/c1-14(2,3)10-4-6-11(7-5-10)17-13(18)12-8-15-9-16-12/h8-11H,4-7H2,1-3H3,(H,15,16)(H,17,18). The van der Waals surface area contributed by atoms with E-state index in [9.17, 15) is 4.79 Å². The van der Waals surface area contributed by atoms with Gasteiger partial charge in [-0.1, -0.05) is 20.8 Å². The molecular formula is C14H23N3O. The Kier molecular flexibility index (Phi) is 3.73. The van der Waals surface area contributed by atoms with Crippen molar-refractivity contribution >= 4 is 5.91 Å². The first-order valence-electron chi connectivity index (χ1n) is 6.76. The largest absolute Gasteiger partial charge is 0.348 e. The van der Waals surface area contributed by atoms with Gasteiger partial charge in [0.25, 0.3) is 5.91 Å². The van der Waals surface area contributed by atoms with Gasteiger partial charge in [0.2, 0.25) is 0 Å². The monoisotopic (exact) mass is 249 g/mol. The summed E-state index contributed by atoms with van der Waals surface area (Å²) in [5, 5.41) is 3.08. The maximum Gasteiger partial charge on any atom is 0.269 e. The van der Waals surface area contributed by atoms with Crippen LogP contribution in [0, 0.1) is 11.3 Å². The number of hydrogen-bond donors (Lipinski definition) is 2. The minimum absolute atomic E-state index is 0.0355. The number of H-pyrrole nitrogens is 1. The molecule has 0 atom stereocenters. The van der Waals surface area contributed by atoms with Gasteiger partial charge in [-0.25, -0.2) is 4.98 Å². The van der Waals surface area contributed by atoms with Crippen molar-refractivity contribution in [3.05, 3.63) is 18.2 Å². The van der Waals surface area contributed by atoms with Crippen LogP contribution in [0.25, 0.3) is 0 Å². The SMILES string of the molecule is CC(C)(C)C1CCC(NC(=O)c2cnc[nH]2)CC1. The van der Waals surface area contributed by atoms with E-state index in [-0.39, 0.29) is 5.91 Å². The van der Waals surface area contributed by atoms with E-state index in [1.54, 1.807) is 6.20 Å². The minimum atomic E-state index is -0.0355. The molecule has 4 heteroatoms. The van der Waals surface area contributed by atoms with Crippen LogP contribution in [0.15, 0.2) is 12.5 Å². The maximum atomic E-state index is 11.9. The molecule has 0 spiro atoms. The summed E-state index contributed by atoms with van der Waals surface area (Å²) in [6.07, 6.45) is 7.68. The topological polar surface area (TPSA) is 57.8 Å². The number of carbonyl (C=O) groups excluding carboxylic acids is 1. The Morgan fingerprint density at radius 1 is 1.33 bits per heavy atom. The number of aromatic amines is 1. The van der Waals surface area contributed by atoms with Gasteiger partial charge in [0.05, 0.1) is 12.5 Å². The molecule has 0 unspecified atom stereocenters. The quantitative estimate of drug-likeness (QED) is 0.846. The molecule has 1 amide bonds. The molecule has 0 radical (unpaired) electrons. The number of nitrogens with one attached hydrogen (secondary N) is 2. The highest BCUT2D eigenvalue weighted by Gasteiger charge is 2.30. The highest BCUT2D eigenvalue weighted by atomic mass is 16.1. The summed E-state index contributed by atoms with van der Waals surface area (Å²) >= 11 is 0. The van der Waals surface area contributed by atoms with Gasteiger partial charge in [-0.3, -0.25) is 4.79 Å². The first kappa shape index (κ1) is 13.1. The van der Waals surface area contributed by atoms with Gasteiger partial charge in [0, 0.05) is 6.04 Å². The van der Waals surface area contributed by atoms with Crippen LogP contribution >= 0.6 is 0 Å². The van der Waals surface area contributed by atoms with Crippen LogP contribution in [0.4, 0.5) is 0 Å². The summed E-state index contributed by atoms with van der Waals surface area (Å²) < 4.78 is 0. The molecule has 0 saturated heterocycles. The van der Waals surface area contributed by atoms with Crippen LogP contribution in [-0.2, 0) is 0 Å². The Bertz CT molecular complexity index is 384. The molecule has 4 nitrogen and oxygen atoms in total. The van der Waals surface area contributed by atoms with Gasteiger partial charge in [0.15, 0.2) is 0 Å². The van der Waals surface area contributed by atoms with Gasteiger partial charge in [-0.05, 0) is 37.0 Å². The Morgan fingerprint density at radius 3 is 2.50 bits per heavy atom. The summed E-state index contributed by atoms with van der Waals surface area (Å²) in [4.78, 5) is 18.6. The van der Waals surface area contributed by atoms with Crippen LogP contribution in [0.3, 0.4) is 0 Å². The summed E-state index contributed by atoms with van der Waals surface area (Å²) in [6.45, 7) is 6.92. The number of carbonyl (C=O) groups is 1. The first-order chi connectivity index (χ1) is 8.47. The van der Waals surface area contributed by atoms with Crippen LogP contribution < -0.4 is 5.32 Å². The lowest BCUT2D eigenvalue weighted by Crippen LogP contribution is -2.39. The summed E-state index contributed by atoms with van der Waals surface area (Å²) in [6, 6.07) is 0.319. The number of hydrogen-bond acceptors (Lipinski definition) is 2. The van der Waals surface area contributed by atoms with E-state index < -0.39 is 0 Å². The highest BCUT2D eigenvalue weighted by molar-refractivity contribution is 5.92. The number of amides is 1. The van der Waals surface area contributed by atoms with Crippen LogP contribution in [0.5, 0.6) is 0 Å². The van der Waals surface area contributed by atoms with Crippen molar-refractivity contribution in [2.24, 2.45) is 11.3 Å². The van der Waals surface area contributed by atoms with E-state index in [4.69, 9.17) is 0 Å². The van der Waals surface area contributed by atoms with Crippen molar-refractivity contribution in [2.75, 3.05) is 0 Å². The lowest BCUT2D eigenvalue weighted by Gasteiger charge is -2.37. The Balaban J connectivity index is 1.82. The van der Waals surface area contributed by atoms with Gasteiger partial charge >= 0.3 is 0 Å². The van der Waals surface area contributed by atoms with Gasteiger partial charge in [-0.2, -0.15) is 0 Å². The van der Waals surface area contributed by atoms with E-state index in [1.807, 2.05) is 0 Å². The van der Waals surface area contributed by atoms with E-state index in [1.165, 1.54) is 19.2 Å². The molecule has 0 bridgehead atoms. The maximum absolute atomic E-state index is 11.9. The molecule has 1 aliphatic carbocycles. The molecule has 1 aromatic heterocycles. The molecule has 18 heavy (non-hydrogen) atoms. The average Bonchev–Trinajstić information content (AvgIpc) is 2.82. The zero-order chi connectivity index (χ0) is 13.2. The Morgan fingerprint density at radius 2 is 2.00 bits per heavy atom. The molecule has 1 saturated carbocycles. The molecule has 0 aromatic carbocycles. The number of imidazole rings is 1. The predicted octanol–water partition coefficient (Wildman–Crippen LogP) is 2.74. The molecule has 2 rings (SSSR count). The second-order valence-electron chi connectivity index (χ2n) is 6.35. The average molecular weight is 249 g/mol. The molecule has 1 aromatic rings. The third-order valence-corrected chi connectivity index (χ3v) is 4.03. The fourth-order valence-electron chi connectivity index (χ4n) is 2.75. The van der Waals surface area contributed by atoms with Crippen LogP contribution in [0.1, 0.15) is 56.9 Å². The Hall–Kier alpha value is -1.32. The zero-order valence-corrected chi connectivity index (χ0v) is 11.5. The van der Waals surface area contributed by atoms with Crippen molar-refractivity contribution in [1.82, 2.24) is 15.3 Å². The van der Waals surface area contributed by atoms with E-state index in [0.717, 1.165) is 18.8 Å². The number of aromatic nitrogens is 2. The Labute approximate surface area is 109 Å². The second kappa shape index (κ2) is 5.12. The van der Waals surface area contributed by atoms with E-state index in [0.29, 0.717) is 17.2 Å². The van der Waals surface area contributed by atoms with Gasteiger partial charge in [-0.15, -0.1) is 0 Å². The van der Waals surface area contributed by atoms with Crippen LogP contribution in [-0.4, -0.2) is 21.9 Å². The second-order valence-corrected chi connectivity index (χ2v) is 6.35. The minimum Gasteiger partial charge on any atom is -0.348 e. The number of nitrogens with zero attached hydrogens (tertiary/aromatic N) is 1. The summed E-state index contributed by atoms with van der Waals surface area (Å²) in [5.41, 5.74) is 0.936. The van der Waals surface area contributed by atoms with Crippen molar-refractivity contribution in [3.8, 4) is 0 Å². The molecule has 1 heterocycles. The fourth-order valence-corrected chi connectivity index (χ4v) is 2.75. The van der Waals surface area contributed by atoms with E-state index in [2.05, 4.69) is 36.1 Å². The lowest BCUT2D eigenvalue weighted by atomic mass is 9.71. The third kappa shape index (κ3) is 3.12. The zero-order valence-electron chi connectivity index (χ0n) is 11.5. The normalized spacial score (nSPS) is 24.8. The van der Waals surface area contributed by atoms with Crippen molar-refractivity contribution in [1.29, 1.82) is 0 Å². The third-order valence-electron chi connectivity index (χ3n) is 4.03. The number of rotatable bonds is 2. The smallest absolute Gasteiger partial charge is 0.269 e. The summed E-state index contributed by atoms with van der Waals surface area (Å²) in [5.74, 6) is 0.740. The molecular weight excluding hydrogens is 226 g/mol. The predicted molar refractivity (Wildman–Crippen MR) is 71.3 cm³/mol. The van der Waals surface area contributed by atoms with Crippen molar-refractivity contribution in [3.63, 3.8) is 0 Å². The highest BCUT2D eigenvalue weighted by Crippen LogP contribution is 2.37. The van der Waals surface area contributed by atoms with Gasteiger partial charge in [0.1, 0.15) is 5.69 Å². The summed E-state index contributed by atoms with van der Waals surface area (Å²) in [7, 11) is 0. The molecule has 0 aliphatic heterocycles. The lowest BCUT2D eigenvalue weighted by molar-refractivity contribution is 0.0899. The van der Waals surface area contributed by atoms with Crippen molar-refractivity contribution < 1.29 is 4.79 Å². The van der Waals surface area contributed by atoms with Crippen LogP contribution in [0.2, 0.25) is 0 Å². The van der Waals surface area contributed by atoms with Gasteiger partial charge < -0.3 is 10.3 Å². The van der Waals surface area contributed by atoms with Crippen molar-refractivity contribution in [2.45, 2.75) is 52.5 Å². The molecule has 100 valence electrons. The molecule has 1 fully saturated rings. The molecule has 1 aliphatic rings. The molecule has 2 N–H and O–H groups in total. The fraction of sp³-hybridized carbons (Fsp3) is 0.714.